The smallest absolute Gasteiger partial charge is 0.0935 e. The Morgan fingerprint density at radius 1 is 1.62 bits per heavy atom. The van der Waals surface area contributed by atoms with Crippen molar-refractivity contribution in [3.8, 4) is 0 Å². The summed E-state index contributed by atoms with van der Waals surface area (Å²) in [6.45, 7) is 5.23. The first-order valence-electron chi connectivity index (χ1n) is 4.85. The maximum absolute atomic E-state index is 5.54. The van der Waals surface area contributed by atoms with Gasteiger partial charge in [0.25, 0.3) is 0 Å². The molecule has 0 radical (unpaired) electrons. The number of rotatable bonds is 5. The maximum atomic E-state index is 5.54. The number of morpholine rings is 1. The molecule has 0 aromatic heterocycles. The van der Waals surface area contributed by atoms with Gasteiger partial charge < -0.3 is 19.7 Å². The largest absolute Gasteiger partial charge is 0.377 e. The lowest BCUT2D eigenvalue weighted by molar-refractivity contribution is -0.0624. The third kappa shape index (κ3) is 4.57. The van der Waals surface area contributed by atoms with E-state index in [1.165, 1.54) is 0 Å². The molecule has 0 aromatic rings. The summed E-state index contributed by atoms with van der Waals surface area (Å²) in [6.07, 6.45) is 0.260. The predicted octanol–water partition coefficient (Wildman–Crippen LogP) is -0.447. The van der Waals surface area contributed by atoms with E-state index in [0.29, 0.717) is 6.61 Å². The SMILES string of the molecule is CNCCOCC1CN(C)CCO1. The lowest BCUT2D eigenvalue weighted by atomic mass is 10.3. The van der Waals surface area contributed by atoms with Crippen LogP contribution in [-0.4, -0.2) is 64.6 Å². The minimum absolute atomic E-state index is 0.260. The van der Waals surface area contributed by atoms with Gasteiger partial charge in [-0.2, -0.15) is 0 Å². The summed E-state index contributed by atoms with van der Waals surface area (Å²) in [5, 5.41) is 3.04. The molecule has 0 amide bonds. The van der Waals surface area contributed by atoms with Crippen molar-refractivity contribution in [3.05, 3.63) is 0 Å². The molecular formula is C9H20N2O2. The van der Waals surface area contributed by atoms with E-state index in [9.17, 15) is 0 Å². The summed E-state index contributed by atoms with van der Waals surface area (Å²) < 4.78 is 11.0. The van der Waals surface area contributed by atoms with Gasteiger partial charge in [0.2, 0.25) is 0 Å². The molecule has 4 heteroatoms. The van der Waals surface area contributed by atoms with Crippen molar-refractivity contribution < 1.29 is 9.47 Å². The van der Waals surface area contributed by atoms with Gasteiger partial charge >= 0.3 is 0 Å². The Morgan fingerprint density at radius 3 is 3.15 bits per heavy atom. The molecule has 0 saturated carbocycles. The third-order valence-electron chi connectivity index (χ3n) is 2.14. The molecule has 1 fully saturated rings. The number of nitrogens with zero attached hydrogens (tertiary/aromatic N) is 1. The molecule has 1 atom stereocenters. The van der Waals surface area contributed by atoms with E-state index < -0.39 is 0 Å². The molecule has 1 saturated heterocycles. The van der Waals surface area contributed by atoms with Gasteiger partial charge in [-0.1, -0.05) is 0 Å². The van der Waals surface area contributed by atoms with Crippen molar-refractivity contribution >= 4 is 0 Å². The second-order valence-electron chi connectivity index (χ2n) is 3.43. The van der Waals surface area contributed by atoms with Gasteiger partial charge in [0.15, 0.2) is 0 Å². The van der Waals surface area contributed by atoms with E-state index in [2.05, 4.69) is 17.3 Å². The lowest BCUT2D eigenvalue weighted by Gasteiger charge is -2.29. The normalized spacial score (nSPS) is 24.9. The molecule has 1 rings (SSSR count). The molecule has 1 unspecified atom stereocenters. The molecule has 13 heavy (non-hydrogen) atoms. The average Bonchev–Trinajstić information content (AvgIpc) is 2.13. The van der Waals surface area contributed by atoms with Crippen LogP contribution in [0.5, 0.6) is 0 Å². The first kappa shape index (κ1) is 10.9. The van der Waals surface area contributed by atoms with Crippen molar-refractivity contribution in [1.82, 2.24) is 10.2 Å². The highest BCUT2D eigenvalue weighted by atomic mass is 16.5. The standard InChI is InChI=1S/C9H20N2O2/c1-10-3-5-12-8-9-7-11(2)4-6-13-9/h9-10H,3-8H2,1-2H3. The Kier molecular flexibility index (Phi) is 5.31. The maximum Gasteiger partial charge on any atom is 0.0935 e. The van der Waals surface area contributed by atoms with Gasteiger partial charge in [-0.25, -0.2) is 0 Å². The molecule has 1 N–H and O–H groups in total. The van der Waals surface area contributed by atoms with E-state index in [0.717, 1.165) is 32.8 Å². The number of hydrogen-bond acceptors (Lipinski definition) is 4. The van der Waals surface area contributed by atoms with Gasteiger partial charge in [0.05, 0.1) is 25.9 Å². The Labute approximate surface area is 80.2 Å². The highest BCUT2D eigenvalue weighted by molar-refractivity contribution is 4.67. The zero-order valence-electron chi connectivity index (χ0n) is 8.58. The summed E-state index contributed by atoms with van der Waals surface area (Å²) in [7, 11) is 4.04. The van der Waals surface area contributed by atoms with Crippen molar-refractivity contribution in [2.24, 2.45) is 0 Å². The second-order valence-corrected chi connectivity index (χ2v) is 3.43. The summed E-state index contributed by atoms with van der Waals surface area (Å²) in [4.78, 5) is 2.27. The monoisotopic (exact) mass is 188 g/mol. The van der Waals surface area contributed by atoms with Crippen LogP contribution < -0.4 is 5.32 Å². The van der Waals surface area contributed by atoms with Gasteiger partial charge in [-0.3, -0.25) is 0 Å². The van der Waals surface area contributed by atoms with Crippen LogP contribution in [0.15, 0.2) is 0 Å². The Hall–Kier alpha value is -0.160. The molecule has 4 nitrogen and oxygen atoms in total. The zero-order chi connectivity index (χ0) is 9.52. The van der Waals surface area contributed by atoms with E-state index in [-0.39, 0.29) is 6.10 Å². The highest BCUT2D eigenvalue weighted by Gasteiger charge is 2.17. The van der Waals surface area contributed by atoms with Crippen molar-refractivity contribution in [2.75, 3.05) is 53.6 Å². The van der Waals surface area contributed by atoms with Crippen molar-refractivity contribution in [3.63, 3.8) is 0 Å². The van der Waals surface area contributed by atoms with Gasteiger partial charge in [0.1, 0.15) is 0 Å². The topological polar surface area (TPSA) is 33.7 Å². The minimum atomic E-state index is 0.260. The number of hydrogen-bond donors (Lipinski definition) is 1. The summed E-state index contributed by atoms with van der Waals surface area (Å²) in [5.41, 5.74) is 0. The van der Waals surface area contributed by atoms with Crippen molar-refractivity contribution in [1.29, 1.82) is 0 Å². The van der Waals surface area contributed by atoms with Crippen LogP contribution in [0.1, 0.15) is 0 Å². The van der Waals surface area contributed by atoms with E-state index in [4.69, 9.17) is 9.47 Å². The van der Waals surface area contributed by atoms with Crippen LogP contribution in [0.2, 0.25) is 0 Å². The highest BCUT2D eigenvalue weighted by Crippen LogP contribution is 2.02. The molecule has 1 aliphatic rings. The van der Waals surface area contributed by atoms with Gasteiger partial charge in [-0.15, -0.1) is 0 Å². The van der Waals surface area contributed by atoms with Crippen LogP contribution in [0, 0.1) is 0 Å². The van der Waals surface area contributed by atoms with E-state index in [1.807, 2.05) is 7.05 Å². The van der Waals surface area contributed by atoms with E-state index >= 15 is 0 Å². The van der Waals surface area contributed by atoms with Crippen LogP contribution in [0.25, 0.3) is 0 Å². The van der Waals surface area contributed by atoms with E-state index in [1.54, 1.807) is 0 Å². The van der Waals surface area contributed by atoms with Crippen LogP contribution >= 0.6 is 0 Å². The fourth-order valence-corrected chi connectivity index (χ4v) is 1.36. The second kappa shape index (κ2) is 6.32. The molecule has 0 spiro atoms. The number of likely N-dealkylation sites (N-methyl/N-ethyl adjacent to an activating group) is 2. The average molecular weight is 188 g/mol. The zero-order valence-corrected chi connectivity index (χ0v) is 8.58. The molecule has 0 bridgehead atoms. The molecule has 0 aliphatic carbocycles. The van der Waals surface area contributed by atoms with Gasteiger partial charge in [0, 0.05) is 19.6 Å². The fourth-order valence-electron chi connectivity index (χ4n) is 1.36. The molecule has 78 valence electrons. The lowest BCUT2D eigenvalue weighted by Crippen LogP contribution is -2.42. The number of ether oxygens (including phenoxy) is 2. The Bertz CT molecular complexity index is 133. The summed E-state index contributed by atoms with van der Waals surface area (Å²) in [5.74, 6) is 0. The van der Waals surface area contributed by atoms with Crippen LogP contribution in [0.3, 0.4) is 0 Å². The third-order valence-corrected chi connectivity index (χ3v) is 2.14. The summed E-state index contributed by atoms with van der Waals surface area (Å²) >= 11 is 0. The number of nitrogens with one attached hydrogen (secondary N) is 1. The van der Waals surface area contributed by atoms with Crippen LogP contribution in [0.4, 0.5) is 0 Å². The molecule has 1 aliphatic heterocycles. The minimum Gasteiger partial charge on any atom is -0.377 e. The fraction of sp³-hybridized carbons (Fsp3) is 1.00. The molecule has 1 heterocycles. The molecule has 0 aromatic carbocycles. The Morgan fingerprint density at radius 2 is 2.46 bits per heavy atom. The quantitative estimate of drug-likeness (QED) is 0.593. The van der Waals surface area contributed by atoms with Gasteiger partial charge in [-0.05, 0) is 14.1 Å². The van der Waals surface area contributed by atoms with Crippen molar-refractivity contribution in [2.45, 2.75) is 6.10 Å². The van der Waals surface area contributed by atoms with Crippen LogP contribution in [-0.2, 0) is 9.47 Å². The molecular weight excluding hydrogens is 168 g/mol. The first-order valence-corrected chi connectivity index (χ1v) is 4.85. The first-order chi connectivity index (χ1) is 6.33. The predicted molar refractivity (Wildman–Crippen MR) is 52.0 cm³/mol. The summed E-state index contributed by atoms with van der Waals surface area (Å²) in [6, 6.07) is 0. The Balaban J connectivity index is 2.00.